The number of esters is 1. The molecule has 1 aromatic carbocycles. The molecule has 0 unspecified atom stereocenters. The second kappa shape index (κ2) is 6.27. The summed E-state index contributed by atoms with van der Waals surface area (Å²) in [4.78, 5) is 11.0. The second-order valence-electron chi connectivity index (χ2n) is 4.93. The molecule has 1 fully saturated rings. The van der Waals surface area contributed by atoms with Gasteiger partial charge in [0.05, 0.1) is 17.1 Å². The molecule has 0 bridgehead atoms. The third-order valence-corrected chi connectivity index (χ3v) is 4.82. The van der Waals surface area contributed by atoms with Crippen LogP contribution >= 0.6 is 10.7 Å². The normalized spacial score (nSPS) is 15.6. The summed E-state index contributed by atoms with van der Waals surface area (Å²) in [6, 6.07) is 1.09. The van der Waals surface area contributed by atoms with Crippen molar-refractivity contribution in [3.05, 3.63) is 29.3 Å². The molecule has 21 heavy (non-hydrogen) atoms. The quantitative estimate of drug-likeness (QED) is 0.611. The van der Waals surface area contributed by atoms with Gasteiger partial charge in [-0.1, -0.05) is 19.3 Å². The van der Waals surface area contributed by atoms with Gasteiger partial charge in [-0.25, -0.2) is 22.0 Å². The highest BCUT2D eigenvalue weighted by molar-refractivity contribution is 8.13. The first-order valence-corrected chi connectivity index (χ1v) is 8.71. The summed E-state index contributed by atoms with van der Waals surface area (Å²) in [5.74, 6) is -3.53. The van der Waals surface area contributed by atoms with E-state index >= 15 is 0 Å². The van der Waals surface area contributed by atoms with Crippen LogP contribution < -0.4 is 0 Å². The summed E-state index contributed by atoms with van der Waals surface area (Å²) in [5.41, 5.74) is -0.775. The van der Waals surface area contributed by atoms with Gasteiger partial charge < -0.3 is 4.74 Å². The van der Waals surface area contributed by atoms with Crippen molar-refractivity contribution >= 4 is 25.7 Å². The van der Waals surface area contributed by atoms with E-state index in [1.807, 2.05) is 0 Å². The highest BCUT2D eigenvalue weighted by atomic mass is 35.7. The van der Waals surface area contributed by atoms with E-state index in [2.05, 4.69) is 0 Å². The third kappa shape index (κ3) is 3.91. The lowest BCUT2D eigenvalue weighted by Crippen LogP contribution is -2.16. The molecule has 4 nitrogen and oxygen atoms in total. The molecule has 0 amide bonds. The average molecular weight is 339 g/mol. The number of carbonyl (C=O) groups is 1. The molecular weight excluding hydrogens is 326 g/mol. The first kappa shape index (κ1) is 16.2. The maximum Gasteiger partial charge on any atom is 0.341 e. The predicted octanol–water partition coefficient (Wildman–Crippen LogP) is 3.24. The Labute approximate surface area is 125 Å². The summed E-state index contributed by atoms with van der Waals surface area (Å²) >= 11 is 0. The molecular formula is C13H13ClF2O4S. The Balaban J connectivity index is 2.13. The molecule has 0 aliphatic heterocycles. The van der Waals surface area contributed by atoms with Crippen LogP contribution in [0.2, 0.25) is 0 Å². The molecule has 116 valence electrons. The zero-order valence-electron chi connectivity index (χ0n) is 10.9. The van der Waals surface area contributed by atoms with Crippen LogP contribution in [0.25, 0.3) is 0 Å². The maximum atomic E-state index is 13.6. The number of hydrogen-bond donors (Lipinski definition) is 0. The summed E-state index contributed by atoms with van der Waals surface area (Å²) in [7, 11) is 0.794. The lowest BCUT2D eigenvalue weighted by atomic mass is 9.83. The van der Waals surface area contributed by atoms with Gasteiger partial charge in [-0.05, 0) is 24.5 Å². The lowest BCUT2D eigenvalue weighted by Gasteiger charge is -2.24. The van der Waals surface area contributed by atoms with Crippen molar-refractivity contribution in [2.75, 3.05) is 6.61 Å². The molecule has 2 rings (SSSR count). The molecule has 1 aliphatic carbocycles. The van der Waals surface area contributed by atoms with Crippen LogP contribution in [-0.2, 0) is 13.8 Å². The average Bonchev–Trinajstić information content (AvgIpc) is 2.33. The van der Waals surface area contributed by atoms with Gasteiger partial charge >= 0.3 is 5.97 Å². The minimum atomic E-state index is -4.27. The van der Waals surface area contributed by atoms with Crippen molar-refractivity contribution in [1.82, 2.24) is 0 Å². The molecule has 0 spiro atoms. The van der Waals surface area contributed by atoms with Crippen LogP contribution in [0.4, 0.5) is 8.78 Å². The summed E-state index contributed by atoms with van der Waals surface area (Å²) in [6.07, 6.45) is 3.94. The Morgan fingerprint density at radius 3 is 2.52 bits per heavy atom. The molecule has 8 heteroatoms. The van der Waals surface area contributed by atoms with E-state index in [1.54, 1.807) is 0 Å². The van der Waals surface area contributed by atoms with Crippen molar-refractivity contribution < 1.29 is 26.7 Å². The minimum absolute atomic E-state index is 0.0857. The first-order valence-electron chi connectivity index (χ1n) is 6.40. The Kier molecular flexibility index (Phi) is 4.83. The monoisotopic (exact) mass is 338 g/mol. The van der Waals surface area contributed by atoms with Crippen LogP contribution in [0, 0.1) is 17.6 Å². The molecule has 0 saturated heterocycles. The molecule has 0 heterocycles. The number of halogens is 3. The number of carbonyl (C=O) groups excluding carboxylic acids is 1. The second-order valence-corrected chi connectivity index (χ2v) is 7.49. The molecule has 1 aliphatic rings. The number of ether oxygens (including phenoxy) is 1. The van der Waals surface area contributed by atoms with E-state index in [-0.39, 0.29) is 6.61 Å². The fraction of sp³-hybridized carbons (Fsp3) is 0.462. The standard InChI is InChI=1S/C13H13ClF2O4S/c14-21(18,19)9-6-10(12(16)11(15)7-9)13(17)20-5-4-8-2-1-3-8/h6-8H,1-5H2. The lowest BCUT2D eigenvalue weighted by molar-refractivity contribution is 0.0457. The van der Waals surface area contributed by atoms with Crippen LogP contribution in [0.1, 0.15) is 36.0 Å². The van der Waals surface area contributed by atoms with E-state index in [0.717, 1.165) is 19.3 Å². The Bertz CT molecular complexity index is 656. The third-order valence-electron chi connectivity index (χ3n) is 3.49. The van der Waals surface area contributed by atoms with E-state index in [1.165, 1.54) is 0 Å². The van der Waals surface area contributed by atoms with Crippen LogP contribution in [0.5, 0.6) is 0 Å². The molecule has 0 radical (unpaired) electrons. The highest BCUT2D eigenvalue weighted by Gasteiger charge is 2.23. The van der Waals surface area contributed by atoms with Gasteiger partial charge in [-0.3, -0.25) is 0 Å². The Morgan fingerprint density at radius 2 is 2.00 bits per heavy atom. The minimum Gasteiger partial charge on any atom is -0.462 e. The van der Waals surface area contributed by atoms with Crippen LogP contribution in [0.3, 0.4) is 0 Å². The summed E-state index contributed by atoms with van der Waals surface area (Å²) in [5, 5.41) is 0. The smallest absolute Gasteiger partial charge is 0.341 e. The zero-order valence-corrected chi connectivity index (χ0v) is 12.5. The molecule has 0 aromatic heterocycles. The molecule has 0 N–H and O–H groups in total. The molecule has 1 aromatic rings. The highest BCUT2D eigenvalue weighted by Crippen LogP contribution is 2.29. The fourth-order valence-electron chi connectivity index (χ4n) is 2.03. The van der Waals surface area contributed by atoms with Gasteiger partial charge in [0.1, 0.15) is 0 Å². The summed E-state index contributed by atoms with van der Waals surface area (Å²) in [6.45, 7) is 0.0857. The van der Waals surface area contributed by atoms with Gasteiger partial charge in [0.25, 0.3) is 9.05 Å². The van der Waals surface area contributed by atoms with Crippen molar-refractivity contribution in [2.45, 2.75) is 30.6 Å². The van der Waals surface area contributed by atoms with Crippen molar-refractivity contribution in [1.29, 1.82) is 0 Å². The predicted molar refractivity (Wildman–Crippen MR) is 71.6 cm³/mol. The van der Waals surface area contributed by atoms with Crippen molar-refractivity contribution in [3.63, 3.8) is 0 Å². The van der Waals surface area contributed by atoms with Crippen LogP contribution in [-0.4, -0.2) is 21.0 Å². The SMILES string of the molecule is O=C(OCCC1CCC1)c1cc(S(=O)(=O)Cl)cc(F)c1F. The number of benzene rings is 1. The van der Waals surface area contributed by atoms with Gasteiger partial charge in [0.15, 0.2) is 11.6 Å². The van der Waals surface area contributed by atoms with Crippen LogP contribution in [0.15, 0.2) is 17.0 Å². The van der Waals surface area contributed by atoms with Gasteiger partial charge in [-0.2, -0.15) is 0 Å². The van der Waals surface area contributed by atoms with E-state index < -0.39 is 37.1 Å². The van der Waals surface area contributed by atoms with E-state index in [0.29, 0.717) is 24.5 Å². The molecule has 0 atom stereocenters. The van der Waals surface area contributed by atoms with Gasteiger partial charge in [0.2, 0.25) is 0 Å². The maximum absolute atomic E-state index is 13.6. The zero-order chi connectivity index (χ0) is 15.6. The van der Waals surface area contributed by atoms with E-state index in [4.69, 9.17) is 15.4 Å². The fourth-order valence-corrected chi connectivity index (χ4v) is 2.80. The Hall–Kier alpha value is -1.21. The first-order chi connectivity index (χ1) is 9.79. The largest absolute Gasteiger partial charge is 0.462 e. The van der Waals surface area contributed by atoms with Crippen molar-refractivity contribution in [3.8, 4) is 0 Å². The Morgan fingerprint density at radius 1 is 1.33 bits per heavy atom. The number of hydrogen-bond acceptors (Lipinski definition) is 4. The summed E-state index contributed by atoms with van der Waals surface area (Å²) < 4.78 is 54.1. The van der Waals surface area contributed by atoms with E-state index in [9.17, 15) is 22.0 Å². The number of rotatable bonds is 5. The van der Waals surface area contributed by atoms with Crippen molar-refractivity contribution in [2.24, 2.45) is 5.92 Å². The topological polar surface area (TPSA) is 60.4 Å². The molecule has 1 saturated carbocycles. The van der Waals surface area contributed by atoms with Gasteiger partial charge in [0, 0.05) is 10.7 Å². The van der Waals surface area contributed by atoms with Gasteiger partial charge in [-0.15, -0.1) is 0 Å².